The van der Waals surface area contributed by atoms with Gasteiger partial charge in [-0.2, -0.15) is 0 Å². The summed E-state index contributed by atoms with van der Waals surface area (Å²) in [7, 11) is 2.04. The second-order valence-corrected chi connectivity index (χ2v) is 6.17. The average molecular weight is 334 g/mol. The molecule has 3 rings (SSSR count). The zero-order valence-electron chi connectivity index (χ0n) is 13.5. The number of carbonyl (C=O) groups excluding carboxylic acids is 1. The van der Waals surface area contributed by atoms with Gasteiger partial charge in [0.05, 0.1) is 18.4 Å². The molecule has 1 aromatic carbocycles. The Morgan fingerprint density at radius 1 is 1.29 bits per heavy atom. The van der Waals surface area contributed by atoms with Crippen LogP contribution in [0.5, 0.6) is 0 Å². The van der Waals surface area contributed by atoms with Crippen molar-refractivity contribution in [3.8, 4) is 0 Å². The highest BCUT2D eigenvalue weighted by Gasteiger charge is 2.29. The molecular weight excluding hydrogens is 314 g/mol. The number of carbonyl (C=O) groups is 1. The molecule has 4 nitrogen and oxygen atoms in total. The molecule has 0 saturated carbocycles. The van der Waals surface area contributed by atoms with Crippen LogP contribution >= 0.6 is 0 Å². The van der Waals surface area contributed by atoms with E-state index in [1.165, 1.54) is 6.07 Å². The largest absolute Gasteiger partial charge is 0.467 e. The molecule has 1 saturated heterocycles. The Morgan fingerprint density at radius 2 is 2.04 bits per heavy atom. The first-order valence-corrected chi connectivity index (χ1v) is 8.01. The minimum Gasteiger partial charge on any atom is -0.467 e. The van der Waals surface area contributed by atoms with Crippen molar-refractivity contribution in [1.82, 2.24) is 9.80 Å². The van der Waals surface area contributed by atoms with Gasteiger partial charge in [0.15, 0.2) is 0 Å². The summed E-state index contributed by atoms with van der Waals surface area (Å²) < 4.78 is 32.5. The van der Waals surface area contributed by atoms with E-state index in [9.17, 15) is 13.6 Å². The molecule has 0 aliphatic carbocycles. The lowest BCUT2D eigenvalue weighted by molar-refractivity contribution is 0.0546. The van der Waals surface area contributed by atoms with Crippen molar-refractivity contribution in [2.24, 2.45) is 0 Å². The highest BCUT2D eigenvalue weighted by molar-refractivity contribution is 5.94. The van der Waals surface area contributed by atoms with Gasteiger partial charge in [-0.25, -0.2) is 8.78 Å². The van der Waals surface area contributed by atoms with Gasteiger partial charge in [-0.1, -0.05) is 0 Å². The van der Waals surface area contributed by atoms with Gasteiger partial charge in [-0.3, -0.25) is 4.79 Å². The maximum atomic E-state index is 14.1. The van der Waals surface area contributed by atoms with Gasteiger partial charge in [0.1, 0.15) is 17.4 Å². The maximum absolute atomic E-state index is 14.1. The van der Waals surface area contributed by atoms with E-state index in [-0.39, 0.29) is 18.2 Å². The van der Waals surface area contributed by atoms with Crippen LogP contribution in [0.1, 0.15) is 29.0 Å². The smallest absolute Gasteiger partial charge is 0.257 e. The Kier molecular flexibility index (Phi) is 4.94. The summed E-state index contributed by atoms with van der Waals surface area (Å²) in [6.45, 7) is 2.02. The highest BCUT2D eigenvalue weighted by atomic mass is 19.1. The number of furan rings is 1. The first-order chi connectivity index (χ1) is 11.5. The van der Waals surface area contributed by atoms with Crippen LogP contribution in [0.4, 0.5) is 8.78 Å². The van der Waals surface area contributed by atoms with Crippen LogP contribution in [0, 0.1) is 11.6 Å². The van der Waals surface area contributed by atoms with E-state index in [1.54, 1.807) is 23.3 Å². The number of halogens is 2. The van der Waals surface area contributed by atoms with Crippen LogP contribution < -0.4 is 0 Å². The summed E-state index contributed by atoms with van der Waals surface area (Å²) in [5, 5.41) is 0. The number of hydrogen-bond donors (Lipinski definition) is 0. The quantitative estimate of drug-likeness (QED) is 0.861. The minimum absolute atomic E-state index is 0.00301. The molecular formula is C18H20F2N2O2. The molecule has 2 heterocycles. The molecule has 1 fully saturated rings. The van der Waals surface area contributed by atoms with Crippen molar-refractivity contribution in [2.75, 3.05) is 20.1 Å². The van der Waals surface area contributed by atoms with E-state index in [1.807, 2.05) is 7.05 Å². The van der Waals surface area contributed by atoms with Crippen molar-refractivity contribution in [2.45, 2.75) is 25.4 Å². The van der Waals surface area contributed by atoms with E-state index >= 15 is 0 Å². The summed E-state index contributed by atoms with van der Waals surface area (Å²) in [6.07, 6.45) is 3.17. The highest BCUT2D eigenvalue weighted by Crippen LogP contribution is 2.22. The molecule has 0 spiro atoms. The van der Waals surface area contributed by atoms with E-state index in [0.29, 0.717) is 5.76 Å². The normalized spacial score (nSPS) is 16.3. The number of rotatable bonds is 4. The average Bonchev–Trinajstić information content (AvgIpc) is 3.06. The first kappa shape index (κ1) is 16.6. The van der Waals surface area contributed by atoms with E-state index < -0.39 is 17.5 Å². The lowest BCUT2D eigenvalue weighted by Gasteiger charge is -2.37. The van der Waals surface area contributed by atoms with Crippen LogP contribution in [0.15, 0.2) is 41.0 Å². The monoisotopic (exact) mass is 334 g/mol. The number of benzene rings is 1. The third-order valence-corrected chi connectivity index (χ3v) is 4.46. The molecule has 1 aromatic heterocycles. The fourth-order valence-corrected chi connectivity index (χ4v) is 3.06. The molecule has 0 atom stereocenters. The molecule has 2 aromatic rings. The lowest BCUT2D eigenvalue weighted by atomic mass is 10.0. The van der Waals surface area contributed by atoms with Gasteiger partial charge in [0, 0.05) is 12.1 Å². The van der Waals surface area contributed by atoms with Crippen LogP contribution in [0.3, 0.4) is 0 Å². The van der Waals surface area contributed by atoms with Gasteiger partial charge < -0.3 is 14.2 Å². The first-order valence-electron chi connectivity index (χ1n) is 8.01. The van der Waals surface area contributed by atoms with Crippen LogP contribution in [-0.2, 0) is 6.54 Å². The maximum Gasteiger partial charge on any atom is 0.257 e. The molecule has 1 amide bonds. The van der Waals surface area contributed by atoms with Gasteiger partial charge in [-0.05, 0) is 57.2 Å². The molecule has 0 bridgehead atoms. The minimum atomic E-state index is -0.836. The lowest BCUT2D eigenvalue weighted by Crippen LogP contribution is -2.46. The fraction of sp³-hybridized carbons (Fsp3) is 0.389. The van der Waals surface area contributed by atoms with Gasteiger partial charge in [0.25, 0.3) is 5.91 Å². The molecule has 0 N–H and O–H groups in total. The Bertz CT molecular complexity index is 695. The van der Waals surface area contributed by atoms with E-state index in [4.69, 9.17) is 4.42 Å². The summed E-state index contributed by atoms with van der Waals surface area (Å²) in [5.74, 6) is -1.32. The number of hydrogen-bond acceptors (Lipinski definition) is 3. The van der Waals surface area contributed by atoms with Crippen LogP contribution in [0.2, 0.25) is 0 Å². The summed E-state index contributed by atoms with van der Waals surface area (Å²) >= 11 is 0. The van der Waals surface area contributed by atoms with E-state index in [0.717, 1.165) is 38.1 Å². The Balaban J connectivity index is 1.86. The Hall–Kier alpha value is -2.21. The number of nitrogens with zero attached hydrogens (tertiary/aromatic N) is 2. The molecule has 0 radical (unpaired) electrons. The molecule has 1 aliphatic rings. The van der Waals surface area contributed by atoms with Crippen LogP contribution in [0.25, 0.3) is 0 Å². The van der Waals surface area contributed by atoms with Crippen molar-refractivity contribution in [3.05, 3.63) is 59.6 Å². The topological polar surface area (TPSA) is 36.7 Å². The van der Waals surface area contributed by atoms with Crippen molar-refractivity contribution >= 4 is 5.91 Å². The number of piperidine rings is 1. The predicted molar refractivity (Wildman–Crippen MR) is 85.5 cm³/mol. The standard InChI is InChI=1S/C18H20F2N2O2/c1-21-8-6-14(7-9-21)22(12-15-3-2-10-24-15)18(23)16-5-4-13(19)11-17(16)20/h2-5,10-11,14H,6-9,12H2,1H3. The van der Waals surface area contributed by atoms with E-state index in [2.05, 4.69) is 4.90 Å². The second-order valence-electron chi connectivity index (χ2n) is 6.17. The zero-order chi connectivity index (χ0) is 17.1. The fourth-order valence-electron chi connectivity index (χ4n) is 3.06. The third kappa shape index (κ3) is 3.64. The van der Waals surface area contributed by atoms with Crippen LogP contribution in [-0.4, -0.2) is 41.9 Å². The Labute approximate surface area is 139 Å². The second kappa shape index (κ2) is 7.13. The Morgan fingerprint density at radius 3 is 2.67 bits per heavy atom. The van der Waals surface area contributed by atoms with Crippen molar-refractivity contribution in [1.29, 1.82) is 0 Å². The predicted octanol–water partition coefficient (Wildman–Crippen LogP) is 3.29. The third-order valence-electron chi connectivity index (χ3n) is 4.46. The SMILES string of the molecule is CN1CCC(N(Cc2ccco2)C(=O)c2ccc(F)cc2F)CC1. The van der Waals surface area contributed by atoms with Gasteiger partial charge in [0.2, 0.25) is 0 Å². The van der Waals surface area contributed by atoms with Gasteiger partial charge >= 0.3 is 0 Å². The molecule has 1 aliphatic heterocycles. The van der Waals surface area contributed by atoms with Crippen molar-refractivity contribution < 1.29 is 18.0 Å². The number of amides is 1. The van der Waals surface area contributed by atoms with Crippen molar-refractivity contribution in [3.63, 3.8) is 0 Å². The molecule has 128 valence electrons. The summed E-state index contributed by atoms with van der Waals surface area (Å²) in [6, 6.07) is 6.60. The molecule has 0 unspecified atom stereocenters. The molecule has 6 heteroatoms. The summed E-state index contributed by atoms with van der Waals surface area (Å²) in [4.78, 5) is 16.7. The summed E-state index contributed by atoms with van der Waals surface area (Å²) in [5.41, 5.74) is -0.109. The van der Waals surface area contributed by atoms with Gasteiger partial charge in [-0.15, -0.1) is 0 Å². The zero-order valence-corrected chi connectivity index (χ0v) is 13.5. The molecule has 24 heavy (non-hydrogen) atoms. The number of likely N-dealkylation sites (tertiary alicyclic amines) is 1.